The molecule has 2 rings (SSSR count). The molecule has 1 aliphatic rings. The van der Waals surface area contributed by atoms with Gasteiger partial charge in [0.1, 0.15) is 0 Å². The monoisotopic (exact) mass is 469 g/mol. The molecule has 3 N–H and O–H groups in total. The molecule has 0 heterocycles. The molecule has 0 unspecified atom stereocenters. The van der Waals surface area contributed by atoms with Gasteiger partial charge in [-0.3, -0.25) is 0 Å². The molecule has 1 aromatic carbocycles. The first kappa shape index (κ1) is 21.7. The second-order valence-corrected chi connectivity index (χ2v) is 5.90. The van der Waals surface area contributed by atoms with Gasteiger partial charge in [0.25, 0.3) is 0 Å². The number of guanidine groups is 1. The van der Waals surface area contributed by atoms with E-state index in [1.165, 1.54) is 38.9 Å². The van der Waals surface area contributed by atoms with E-state index in [2.05, 4.69) is 15.0 Å². The van der Waals surface area contributed by atoms with Crippen molar-refractivity contribution in [2.24, 2.45) is 10.7 Å². The van der Waals surface area contributed by atoms with E-state index in [1.807, 2.05) is 0 Å². The van der Waals surface area contributed by atoms with Crippen molar-refractivity contribution in [1.82, 2.24) is 5.32 Å². The molecule has 1 aromatic rings. The van der Waals surface area contributed by atoms with Crippen molar-refractivity contribution in [1.29, 1.82) is 0 Å². The van der Waals surface area contributed by atoms with Crippen LogP contribution >= 0.6 is 24.0 Å². The number of nitrogens with one attached hydrogen (secondary N) is 1. The molecule has 0 spiro atoms. The lowest BCUT2D eigenvalue weighted by molar-refractivity contribution is -0.0512. The maximum Gasteiger partial charge on any atom is 0.387 e. The van der Waals surface area contributed by atoms with Crippen LogP contribution in [0, 0.1) is 0 Å². The highest BCUT2D eigenvalue weighted by molar-refractivity contribution is 14.0. The number of nitrogens with two attached hydrogens (primary N) is 1. The zero-order valence-corrected chi connectivity index (χ0v) is 16.7. The van der Waals surface area contributed by atoms with Crippen LogP contribution in [0.3, 0.4) is 0 Å². The SMILES string of the molecule is COc1ccc(CN=C(N)NC2CCCCCC2)cc1OC(F)F.I. The molecule has 0 radical (unpaired) electrons. The Morgan fingerprint density at radius 1 is 1.24 bits per heavy atom. The normalized spacial score (nSPS) is 16.1. The average Bonchev–Trinajstić information content (AvgIpc) is 2.81. The minimum absolute atomic E-state index is 0. The second-order valence-electron chi connectivity index (χ2n) is 5.90. The summed E-state index contributed by atoms with van der Waals surface area (Å²) in [5.74, 6) is 0.636. The summed E-state index contributed by atoms with van der Waals surface area (Å²) in [5, 5.41) is 3.25. The van der Waals surface area contributed by atoms with Gasteiger partial charge < -0.3 is 20.5 Å². The quantitative estimate of drug-likeness (QED) is 0.286. The van der Waals surface area contributed by atoms with E-state index in [0.717, 1.165) is 18.4 Å². The van der Waals surface area contributed by atoms with Crippen molar-refractivity contribution in [3.8, 4) is 11.5 Å². The minimum atomic E-state index is -2.90. The summed E-state index contributed by atoms with van der Waals surface area (Å²) in [6.07, 6.45) is 7.16. The number of ether oxygens (including phenoxy) is 2. The molecular formula is C17H26F2IN3O2. The molecule has 0 aliphatic heterocycles. The summed E-state index contributed by atoms with van der Waals surface area (Å²) >= 11 is 0. The number of hydrogen-bond acceptors (Lipinski definition) is 3. The minimum Gasteiger partial charge on any atom is -0.493 e. The predicted molar refractivity (Wildman–Crippen MR) is 105 cm³/mol. The van der Waals surface area contributed by atoms with Gasteiger partial charge in [-0.05, 0) is 30.5 Å². The molecule has 0 amide bonds. The molecular weight excluding hydrogens is 443 g/mol. The van der Waals surface area contributed by atoms with E-state index >= 15 is 0 Å². The summed E-state index contributed by atoms with van der Waals surface area (Å²) in [6, 6.07) is 5.19. The number of hydrogen-bond donors (Lipinski definition) is 2. The van der Waals surface area contributed by atoms with E-state index in [-0.39, 0.29) is 42.0 Å². The van der Waals surface area contributed by atoms with Crippen LogP contribution in [0.4, 0.5) is 8.78 Å². The molecule has 1 fully saturated rings. The summed E-state index contributed by atoms with van der Waals surface area (Å²) in [7, 11) is 1.40. The second kappa shape index (κ2) is 11.3. The fraction of sp³-hybridized carbons (Fsp3) is 0.588. The van der Waals surface area contributed by atoms with Crippen LogP contribution < -0.4 is 20.5 Å². The first-order valence-corrected chi connectivity index (χ1v) is 8.26. The number of methoxy groups -OCH3 is 1. The average molecular weight is 469 g/mol. The summed E-state index contributed by atoms with van der Waals surface area (Å²) in [4.78, 5) is 4.29. The van der Waals surface area contributed by atoms with Crippen LogP contribution in [-0.2, 0) is 6.54 Å². The van der Waals surface area contributed by atoms with Crippen LogP contribution in [0.2, 0.25) is 0 Å². The molecule has 0 bridgehead atoms. The van der Waals surface area contributed by atoms with E-state index in [9.17, 15) is 8.78 Å². The summed E-state index contributed by atoms with van der Waals surface area (Å²) < 4.78 is 34.4. The first-order valence-electron chi connectivity index (χ1n) is 8.26. The van der Waals surface area contributed by atoms with Crippen LogP contribution in [0.1, 0.15) is 44.1 Å². The molecule has 0 saturated heterocycles. The van der Waals surface area contributed by atoms with Gasteiger partial charge in [0, 0.05) is 6.04 Å². The largest absolute Gasteiger partial charge is 0.493 e. The Morgan fingerprint density at radius 3 is 2.52 bits per heavy atom. The lowest BCUT2D eigenvalue weighted by Crippen LogP contribution is -2.39. The van der Waals surface area contributed by atoms with Crippen LogP contribution in [-0.4, -0.2) is 25.7 Å². The number of rotatable bonds is 6. The summed E-state index contributed by atoms with van der Waals surface area (Å²) in [5.41, 5.74) is 6.66. The van der Waals surface area contributed by atoms with Gasteiger partial charge in [-0.15, -0.1) is 24.0 Å². The molecule has 1 saturated carbocycles. The smallest absolute Gasteiger partial charge is 0.387 e. The molecule has 142 valence electrons. The van der Waals surface area contributed by atoms with Crippen molar-refractivity contribution in [3.63, 3.8) is 0 Å². The lowest BCUT2D eigenvalue weighted by Gasteiger charge is -2.16. The Balaban J connectivity index is 0.00000312. The molecule has 1 aliphatic carbocycles. The molecule has 0 aromatic heterocycles. The van der Waals surface area contributed by atoms with Gasteiger partial charge in [-0.1, -0.05) is 31.7 Å². The topological polar surface area (TPSA) is 68.9 Å². The highest BCUT2D eigenvalue weighted by atomic mass is 127. The van der Waals surface area contributed by atoms with Crippen molar-refractivity contribution < 1.29 is 18.3 Å². The van der Waals surface area contributed by atoms with E-state index < -0.39 is 6.61 Å². The number of halogens is 3. The third-order valence-corrected chi connectivity index (χ3v) is 4.08. The Kier molecular flexibility index (Phi) is 9.84. The molecule has 5 nitrogen and oxygen atoms in total. The highest BCUT2D eigenvalue weighted by Gasteiger charge is 2.13. The van der Waals surface area contributed by atoms with Crippen molar-refractivity contribution in [2.45, 2.75) is 57.7 Å². The van der Waals surface area contributed by atoms with Gasteiger partial charge in [0.15, 0.2) is 17.5 Å². The first-order chi connectivity index (χ1) is 11.6. The van der Waals surface area contributed by atoms with Crippen LogP contribution in [0.15, 0.2) is 23.2 Å². The standard InChI is InChI=1S/C17H25F2N3O2.HI/c1-23-14-9-8-12(10-15(14)24-16(18)19)11-21-17(20)22-13-6-4-2-3-5-7-13;/h8-10,13,16H,2-7,11H2,1H3,(H3,20,21,22);1H. The highest BCUT2D eigenvalue weighted by Crippen LogP contribution is 2.29. The van der Waals surface area contributed by atoms with Crippen LogP contribution in [0.25, 0.3) is 0 Å². The molecule has 25 heavy (non-hydrogen) atoms. The van der Waals surface area contributed by atoms with Gasteiger partial charge in [-0.25, -0.2) is 4.99 Å². The van der Waals surface area contributed by atoms with E-state index in [4.69, 9.17) is 10.5 Å². The predicted octanol–water partition coefficient (Wildman–Crippen LogP) is 4.04. The number of nitrogens with zero attached hydrogens (tertiary/aromatic N) is 1. The van der Waals surface area contributed by atoms with Gasteiger partial charge in [0.2, 0.25) is 0 Å². The zero-order valence-electron chi connectivity index (χ0n) is 14.3. The maximum absolute atomic E-state index is 12.4. The number of alkyl halides is 2. The van der Waals surface area contributed by atoms with Crippen molar-refractivity contribution in [2.75, 3.05) is 7.11 Å². The number of benzene rings is 1. The third kappa shape index (κ3) is 7.62. The van der Waals surface area contributed by atoms with Gasteiger partial charge in [-0.2, -0.15) is 8.78 Å². The Morgan fingerprint density at radius 2 is 1.92 bits per heavy atom. The fourth-order valence-electron chi connectivity index (χ4n) is 2.86. The Bertz CT molecular complexity index is 551. The van der Waals surface area contributed by atoms with Gasteiger partial charge >= 0.3 is 6.61 Å². The maximum atomic E-state index is 12.4. The summed E-state index contributed by atoms with van der Waals surface area (Å²) in [6.45, 7) is -2.62. The molecule has 8 heteroatoms. The zero-order chi connectivity index (χ0) is 17.4. The number of aliphatic imine (C=N–C) groups is 1. The Hall–Kier alpha value is -1.32. The van der Waals surface area contributed by atoms with Gasteiger partial charge in [0.05, 0.1) is 13.7 Å². The third-order valence-electron chi connectivity index (χ3n) is 4.08. The lowest BCUT2D eigenvalue weighted by atomic mass is 10.1. The van der Waals surface area contributed by atoms with Crippen molar-refractivity contribution >= 4 is 29.9 Å². The molecule has 0 atom stereocenters. The van der Waals surface area contributed by atoms with Crippen molar-refractivity contribution in [3.05, 3.63) is 23.8 Å². The van der Waals surface area contributed by atoms with Crippen LogP contribution in [0.5, 0.6) is 11.5 Å². The fourth-order valence-corrected chi connectivity index (χ4v) is 2.86. The van der Waals surface area contributed by atoms with E-state index in [0.29, 0.717) is 12.0 Å². The van der Waals surface area contributed by atoms with E-state index in [1.54, 1.807) is 12.1 Å². The Labute approximate surface area is 164 Å².